The van der Waals surface area contributed by atoms with E-state index >= 15 is 0 Å². The summed E-state index contributed by atoms with van der Waals surface area (Å²) in [4.78, 5) is 43.0. The molecule has 9 heteroatoms. The minimum absolute atomic E-state index is 0.322. The third kappa shape index (κ3) is 4.47. The van der Waals surface area contributed by atoms with Crippen LogP contribution in [0.1, 0.15) is 17.4 Å². The van der Waals surface area contributed by atoms with Gasteiger partial charge in [0.2, 0.25) is 5.91 Å². The molecule has 4 rings (SSSR count). The Morgan fingerprint density at radius 2 is 1.62 bits per heavy atom. The number of hydrogen-bond acceptors (Lipinski definition) is 6. The summed E-state index contributed by atoms with van der Waals surface area (Å²) in [7, 11) is 3.12. The molecule has 4 amide bonds. The van der Waals surface area contributed by atoms with Gasteiger partial charge < -0.3 is 19.7 Å². The Bertz CT molecular complexity index is 1180. The van der Waals surface area contributed by atoms with E-state index in [1.165, 1.54) is 11.3 Å². The van der Waals surface area contributed by atoms with Crippen molar-refractivity contribution < 1.29 is 23.9 Å². The first-order valence-corrected chi connectivity index (χ1v) is 11.5. The molecule has 1 aliphatic rings. The molecule has 0 spiro atoms. The lowest BCUT2D eigenvalue weighted by molar-refractivity contribution is -0.134. The highest BCUT2D eigenvalue weighted by atomic mass is 32.1. The Hall–Kier alpha value is -3.85. The maximum absolute atomic E-state index is 13.4. The van der Waals surface area contributed by atoms with Gasteiger partial charge in [-0.1, -0.05) is 18.2 Å². The van der Waals surface area contributed by atoms with Gasteiger partial charge in [0, 0.05) is 10.6 Å². The fourth-order valence-corrected chi connectivity index (χ4v) is 4.52. The number of anilines is 1. The lowest BCUT2D eigenvalue weighted by Gasteiger charge is -2.25. The quantitative estimate of drug-likeness (QED) is 0.497. The zero-order valence-electron chi connectivity index (χ0n) is 19.1. The van der Waals surface area contributed by atoms with Gasteiger partial charge in [0.05, 0.1) is 20.8 Å². The van der Waals surface area contributed by atoms with Crippen LogP contribution in [0.2, 0.25) is 0 Å². The van der Waals surface area contributed by atoms with Crippen LogP contribution in [0.15, 0.2) is 66.0 Å². The van der Waals surface area contributed by atoms with E-state index in [0.29, 0.717) is 29.3 Å². The number of methoxy groups -OCH3 is 2. The van der Waals surface area contributed by atoms with Gasteiger partial charge in [0.15, 0.2) is 0 Å². The molecule has 0 bridgehead atoms. The maximum Gasteiger partial charge on any atom is 0.325 e. The van der Waals surface area contributed by atoms with E-state index in [2.05, 4.69) is 5.32 Å². The van der Waals surface area contributed by atoms with Gasteiger partial charge in [0.25, 0.3) is 5.91 Å². The monoisotopic (exact) mass is 479 g/mol. The number of benzene rings is 2. The lowest BCUT2D eigenvalue weighted by atomic mass is 9.92. The van der Waals surface area contributed by atoms with Gasteiger partial charge in [-0.05, 0) is 60.3 Å². The molecule has 1 saturated heterocycles. The van der Waals surface area contributed by atoms with Crippen molar-refractivity contribution in [1.82, 2.24) is 10.2 Å². The molecular weight excluding hydrogens is 454 g/mol. The predicted octanol–water partition coefficient (Wildman–Crippen LogP) is 3.77. The molecule has 3 aromatic rings. The topological polar surface area (TPSA) is 88.2 Å². The van der Waals surface area contributed by atoms with Crippen LogP contribution in [0.5, 0.6) is 11.5 Å². The molecule has 2 aromatic carbocycles. The van der Waals surface area contributed by atoms with Gasteiger partial charge in [-0.25, -0.2) is 4.79 Å². The second kappa shape index (κ2) is 9.56. The van der Waals surface area contributed by atoms with Crippen molar-refractivity contribution in [2.75, 3.05) is 25.7 Å². The van der Waals surface area contributed by atoms with E-state index in [9.17, 15) is 14.4 Å². The third-order valence-electron chi connectivity index (χ3n) is 5.81. The van der Waals surface area contributed by atoms with Gasteiger partial charge in [-0.2, -0.15) is 0 Å². The number of rotatable bonds is 8. The summed E-state index contributed by atoms with van der Waals surface area (Å²) in [5.74, 6) is 0.444. The van der Waals surface area contributed by atoms with Crippen molar-refractivity contribution in [2.45, 2.75) is 19.0 Å². The molecule has 1 aromatic heterocycles. The Balaban J connectivity index is 1.57. The number of carbonyl (C=O) groups is 3. The first kappa shape index (κ1) is 23.3. The Morgan fingerprint density at radius 3 is 2.18 bits per heavy atom. The number of imide groups is 1. The fraction of sp³-hybridized carbons (Fsp3) is 0.240. The molecule has 2 heterocycles. The molecule has 1 unspecified atom stereocenters. The Morgan fingerprint density at radius 1 is 1.00 bits per heavy atom. The highest BCUT2D eigenvalue weighted by Crippen LogP contribution is 2.30. The predicted molar refractivity (Wildman–Crippen MR) is 129 cm³/mol. The smallest absolute Gasteiger partial charge is 0.325 e. The third-order valence-corrected chi connectivity index (χ3v) is 6.68. The van der Waals surface area contributed by atoms with E-state index in [1.807, 2.05) is 17.5 Å². The molecule has 1 aliphatic heterocycles. The molecule has 34 heavy (non-hydrogen) atoms. The second-order valence-corrected chi connectivity index (χ2v) is 8.96. The number of carbonyl (C=O) groups excluding carboxylic acids is 3. The van der Waals surface area contributed by atoms with Crippen LogP contribution in [0.25, 0.3) is 0 Å². The van der Waals surface area contributed by atoms with Crippen LogP contribution in [0.4, 0.5) is 10.5 Å². The van der Waals surface area contributed by atoms with Crippen molar-refractivity contribution in [3.63, 3.8) is 0 Å². The van der Waals surface area contributed by atoms with E-state index in [0.717, 1.165) is 9.78 Å². The first-order chi connectivity index (χ1) is 16.4. The summed E-state index contributed by atoms with van der Waals surface area (Å²) in [5, 5.41) is 4.67. The number of nitrogens with zero attached hydrogens (tertiary/aromatic N) is 2. The minimum atomic E-state index is -1.28. The summed E-state index contributed by atoms with van der Waals surface area (Å²) in [5.41, 5.74) is -0.0288. The zero-order valence-corrected chi connectivity index (χ0v) is 19.9. The second-order valence-electron chi connectivity index (χ2n) is 7.93. The maximum atomic E-state index is 13.4. The van der Waals surface area contributed by atoms with E-state index < -0.39 is 17.5 Å². The van der Waals surface area contributed by atoms with Crippen molar-refractivity contribution >= 4 is 34.9 Å². The molecule has 0 radical (unpaired) electrons. The number of ether oxygens (including phenoxy) is 2. The standard InChI is InChI=1S/C25H25N3O5S/c1-25(17-6-10-19(32-2)11-7-17)23(30)28(24(31)26-25)16-22(29)27(15-21-5-4-14-34-21)18-8-12-20(33-3)13-9-18/h4-14H,15-16H2,1-3H3,(H,26,31). The highest BCUT2D eigenvalue weighted by molar-refractivity contribution is 7.09. The van der Waals surface area contributed by atoms with Crippen LogP contribution in [0, 0.1) is 0 Å². The SMILES string of the molecule is COc1ccc(N(Cc2cccs2)C(=O)CN2C(=O)NC(C)(c3ccc(OC)cc3)C2=O)cc1. The summed E-state index contributed by atoms with van der Waals surface area (Å²) < 4.78 is 10.4. The van der Waals surface area contributed by atoms with Gasteiger partial charge >= 0.3 is 6.03 Å². The molecular formula is C25H25N3O5S. The number of urea groups is 1. The zero-order chi connectivity index (χ0) is 24.3. The average molecular weight is 480 g/mol. The molecule has 1 fully saturated rings. The van der Waals surface area contributed by atoms with Gasteiger partial charge in [-0.15, -0.1) is 11.3 Å². The van der Waals surface area contributed by atoms with Gasteiger partial charge in [-0.3, -0.25) is 14.5 Å². The largest absolute Gasteiger partial charge is 0.497 e. The molecule has 176 valence electrons. The highest BCUT2D eigenvalue weighted by Gasteiger charge is 2.49. The number of amides is 4. The van der Waals surface area contributed by atoms with Crippen molar-refractivity contribution in [1.29, 1.82) is 0 Å². The average Bonchev–Trinajstić information content (AvgIpc) is 3.45. The van der Waals surface area contributed by atoms with Crippen LogP contribution < -0.4 is 19.7 Å². The molecule has 0 aliphatic carbocycles. The van der Waals surface area contributed by atoms with Crippen LogP contribution >= 0.6 is 11.3 Å². The number of nitrogens with one attached hydrogen (secondary N) is 1. The summed E-state index contributed by atoms with van der Waals surface area (Å²) in [6.45, 7) is 1.57. The summed E-state index contributed by atoms with van der Waals surface area (Å²) in [6.07, 6.45) is 0. The van der Waals surface area contributed by atoms with Crippen LogP contribution in [-0.2, 0) is 21.7 Å². The molecule has 8 nitrogen and oxygen atoms in total. The van der Waals surface area contributed by atoms with Crippen LogP contribution in [-0.4, -0.2) is 43.5 Å². The van der Waals surface area contributed by atoms with E-state index in [4.69, 9.17) is 9.47 Å². The van der Waals surface area contributed by atoms with Crippen molar-refractivity contribution in [3.05, 3.63) is 76.5 Å². The molecule has 1 atom stereocenters. The lowest BCUT2D eigenvalue weighted by Crippen LogP contribution is -2.44. The van der Waals surface area contributed by atoms with Crippen LogP contribution in [0.3, 0.4) is 0 Å². The summed E-state index contributed by atoms with van der Waals surface area (Å²) >= 11 is 1.53. The number of hydrogen-bond donors (Lipinski definition) is 1. The van der Waals surface area contributed by atoms with E-state index in [-0.39, 0.29) is 12.5 Å². The number of thiophene rings is 1. The van der Waals surface area contributed by atoms with Gasteiger partial charge in [0.1, 0.15) is 23.6 Å². The fourth-order valence-electron chi connectivity index (χ4n) is 3.83. The Kier molecular flexibility index (Phi) is 6.56. The molecule has 0 saturated carbocycles. The normalized spacial score (nSPS) is 17.4. The first-order valence-electron chi connectivity index (χ1n) is 10.6. The molecule has 1 N–H and O–H groups in total. The Labute approximate surface area is 201 Å². The van der Waals surface area contributed by atoms with Crippen molar-refractivity contribution in [2.24, 2.45) is 0 Å². The van der Waals surface area contributed by atoms with Crippen molar-refractivity contribution in [3.8, 4) is 11.5 Å². The van der Waals surface area contributed by atoms with E-state index in [1.54, 1.807) is 74.6 Å². The minimum Gasteiger partial charge on any atom is -0.497 e. The summed E-state index contributed by atoms with van der Waals surface area (Å²) in [6, 6.07) is 17.2.